The van der Waals surface area contributed by atoms with Crippen molar-refractivity contribution in [3.05, 3.63) is 35.1 Å². The third-order valence-electron chi connectivity index (χ3n) is 2.84. The van der Waals surface area contributed by atoms with Crippen LogP contribution in [0.25, 0.3) is 0 Å². The molecule has 0 aromatic heterocycles. The normalized spacial score (nSPS) is 10.8. The number of nitrogens with zero attached hydrogens (tertiary/aromatic N) is 1. The van der Waals surface area contributed by atoms with Crippen LogP contribution in [0, 0.1) is 12.7 Å². The van der Waals surface area contributed by atoms with Gasteiger partial charge in [0.1, 0.15) is 5.82 Å². The molecule has 0 aliphatic heterocycles. The molecule has 1 aromatic rings. The largest absolute Gasteiger partial charge is 0.336 e. The molecule has 1 aromatic carbocycles. The zero-order valence-corrected chi connectivity index (χ0v) is 12.6. The average molecular weight is 316 g/mol. The summed E-state index contributed by atoms with van der Waals surface area (Å²) in [4.78, 5) is 14.2. The van der Waals surface area contributed by atoms with Crippen LogP contribution in [0.1, 0.15) is 36.2 Å². The topological polar surface area (TPSA) is 20.3 Å². The van der Waals surface area contributed by atoms with Crippen LogP contribution in [-0.4, -0.2) is 28.7 Å². The van der Waals surface area contributed by atoms with E-state index in [1.807, 2.05) is 18.7 Å². The molecule has 0 heterocycles. The fourth-order valence-electron chi connectivity index (χ4n) is 1.85. The van der Waals surface area contributed by atoms with Gasteiger partial charge in [0.05, 0.1) is 0 Å². The molecule has 0 aliphatic rings. The van der Waals surface area contributed by atoms with Gasteiger partial charge in [-0.25, -0.2) is 4.39 Å². The maximum atomic E-state index is 13.0. The number of halogens is 2. The lowest BCUT2D eigenvalue weighted by atomic mass is 10.1. The highest BCUT2D eigenvalue weighted by Crippen LogP contribution is 2.15. The zero-order valence-electron chi connectivity index (χ0n) is 11.0. The lowest BCUT2D eigenvalue weighted by molar-refractivity contribution is 0.0706. The Bertz CT molecular complexity index is 420. The number of carbonyl (C=O) groups excluding carboxylic acids is 1. The quantitative estimate of drug-likeness (QED) is 0.757. The number of alkyl halides is 1. The SMILES string of the molecule is Cc1cc(F)ccc1C(=O)N(CCCBr)C(C)C. The Labute approximate surface area is 116 Å². The van der Waals surface area contributed by atoms with E-state index >= 15 is 0 Å². The van der Waals surface area contributed by atoms with Crippen molar-refractivity contribution in [3.63, 3.8) is 0 Å². The number of carbonyl (C=O) groups is 1. The molecule has 18 heavy (non-hydrogen) atoms. The van der Waals surface area contributed by atoms with E-state index < -0.39 is 0 Å². The molecule has 2 nitrogen and oxygen atoms in total. The number of hydrogen-bond donors (Lipinski definition) is 0. The third kappa shape index (κ3) is 3.80. The van der Waals surface area contributed by atoms with Crippen LogP contribution in [-0.2, 0) is 0 Å². The summed E-state index contributed by atoms with van der Waals surface area (Å²) in [6.07, 6.45) is 0.907. The molecule has 0 aliphatic carbocycles. The van der Waals surface area contributed by atoms with E-state index in [0.717, 1.165) is 11.8 Å². The summed E-state index contributed by atoms with van der Waals surface area (Å²) in [6.45, 7) is 6.45. The molecule has 1 rings (SSSR count). The lowest BCUT2D eigenvalue weighted by Gasteiger charge is -2.27. The van der Waals surface area contributed by atoms with Gasteiger partial charge in [0.25, 0.3) is 5.91 Å². The monoisotopic (exact) mass is 315 g/mol. The smallest absolute Gasteiger partial charge is 0.254 e. The first-order valence-electron chi connectivity index (χ1n) is 6.10. The van der Waals surface area contributed by atoms with Gasteiger partial charge in [0, 0.05) is 23.5 Å². The Kier molecular flexibility index (Phi) is 5.79. The van der Waals surface area contributed by atoms with Crippen LogP contribution in [0.15, 0.2) is 18.2 Å². The number of benzene rings is 1. The van der Waals surface area contributed by atoms with Crippen molar-refractivity contribution in [2.24, 2.45) is 0 Å². The molecule has 0 saturated carbocycles. The van der Waals surface area contributed by atoms with E-state index in [2.05, 4.69) is 15.9 Å². The van der Waals surface area contributed by atoms with Crippen LogP contribution >= 0.6 is 15.9 Å². The molecule has 0 saturated heterocycles. The maximum absolute atomic E-state index is 13.0. The van der Waals surface area contributed by atoms with Gasteiger partial charge in [0.15, 0.2) is 0 Å². The molecule has 0 spiro atoms. The van der Waals surface area contributed by atoms with Gasteiger partial charge < -0.3 is 4.90 Å². The van der Waals surface area contributed by atoms with Gasteiger partial charge >= 0.3 is 0 Å². The van der Waals surface area contributed by atoms with Crippen molar-refractivity contribution in [1.29, 1.82) is 0 Å². The first-order chi connectivity index (χ1) is 8.47. The fourth-order valence-corrected chi connectivity index (χ4v) is 2.10. The van der Waals surface area contributed by atoms with Gasteiger partial charge in [-0.3, -0.25) is 4.79 Å². The Hall–Kier alpha value is -0.900. The predicted molar refractivity (Wildman–Crippen MR) is 75.7 cm³/mol. The van der Waals surface area contributed by atoms with Crippen LogP contribution in [0.4, 0.5) is 4.39 Å². The second-order valence-electron chi connectivity index (χ2n) is 4.59. The van der Waals surface area contributed by atoms with Gasteiger partial charge in [-0.2, -0.15) is 0 Å². The summed E-state index contributed by atoms with van der Waals surface area (Å²) in [5.74, 6) is -0.330. The third-order valence-corrected chi connectivity index (χ3v) is 3.40. The van der Waals surface area contributed by atoms with Crippen molar-refractivity contribution in [2.45, 2.75) is 33.2 Å². The van der Waals surface area contributed by atoms with E-state index in [1.54, 1.807) is 13.0 Å². The maximum Gasteiger partial charge on any atom is 0.254 e. The number of aryl methyl sites for hydroxylation is 1. The fraction of sp³-hybridized carbons (Fsp3) is 0.500. The van der Waals surface area contributed by atoms with E-state index in [9.17, 15) is 9.18 Å². The minimum Gasteiger partial charge on any atom is -0.336 e. The molecular weight excluding hydrogens is 297 g/mol. The van der Waals surface area contributed by atoms with Crippen molar-refractivity contribution in [3.8, 4) is 0 Å². The summed E-state index contributed by atoms with van der Waals surface area (Å²) in [5, 5.41) is 0.867. The van der Waals surface area contributed by atoms with Crippen LogP contribution in [0.5, 0.6) is 0 Å². The number of amides is 1. The van der Waals surface area contributed by atoms with Crippen molar-refractivity contribution in [2.75, 3.05) is 11.9 Å². The molecule has 4 heteroatoms. The van der Waals surface area contributed by atoms with E-state index in [4.69, 9.17) is 0 Å². The van der Waals surface area contributed by atoms with Gasteiger partial charge in [0.2, 0.25) is 0 Å². The summed E-state index contributed by atoms with van der Waals surface area (Å²) in [5.41, 5.74) is 1.27. The Morgan fingerprint density at radius 1 is 1.44 bits per heavy atom. The van der Waals surface area contributed by atoms with E-state index in [1.165, 1.54) is 12.1 Å². The van der Waals surface area contributed by atoms with Gasteiger partial charge in [-0.05, 0) is 51.0 Å². The first kappa shape index (κ1) is 15.2. The van der Waals surface area contributed by atoms with Crippen molar-refractivity contribution >= 4 is 21.8 Å². The minimum atomic E-state index is -0.305. The highest BCUT2D eigenvalue weighted by molar-refractivity contribution is 9.09. The Morgan fingerprint density at radius 3 is 2.61 bits per heavy atom. The highest BCUT2D eigenvalue weighted by Gasteiger charge is 2.19. The first-order valence-corrected chi connectivity index (χ1v) is 7.22. The standard InChI is InChI=1S/C14H19BrFNO/c1-10(2)17(8-4-7-15)14(18)13-6-5-12(16)9-11(13)3/h5-6,9-10H,4,7-8H2,1-3H3. The highest BCUT2D eigenvalue weighted by atomic mass is 79.9. The molecule has 0 bridgehead atoms. The molecule has 0 fully saturated rings. The predicted octanol–water partition coefficient (Wildman–Crippen LogP) is 3.77. The molecule has 0 atom stereocenters. The minimum absolute atomic E-state index is 0.0246. The zero-order chi connectivity index (χ0) is 13.7. The Balaban J connectivity index is 2.94. The van der Waals surface area contributed by atoms with E-state index in [0.29, 0.717) is 17.7 Å². The van der Waals surface area contributed by atoms with Crippen molar-refractivity contribution in [1.82, 2.24) is 4.90 Å². The molecule has 100 valence electrons. The second-order valence-corrected chi connectivity index (χ2v) is 5.39. The summed E-state index contributed by atoms with van der Waals surface area (Å²) < 4.78 is 13.0. The summed E-state index contributed by atoms with van der Waals surface area (Å²) >= 11 is 3.37. The van der Waals surface area contributed by atoms with Gasteiger partial charge in [-0.1, -0.05) is 15.9 Å². The molecular formula is C14H19BrFNO. The van der Waals surface area contributed by atoms with Crippen LogP contribution in [0.3, 0.4) is 0 Å². The molecule has 0 unspecified atom stereocenters. The summed E-state index contributed by atoms with van der Waals surface area (Å²) in [6, 6.07) is 4.44. The molecule has 0 N–H and O–H groups in total. The number of hydrogen-bond acceptors (Lipinski definition) is 1. The van der Waals surface area contributed by atoms with Crippen LogP contribution in [0.2, 0.25) is 0 Å². The Morgan fingerprint density at radius 2 is 2.11 bits per heavy atom. The summed E-state index contributed by atoms with van der Waals surface area (Å²) in [7, 11) is 0. The van der Waals surface area contributed by atoms with Crippen molar-refractivity contribution < 1.29 is 9.18 Å². The average Bonchev–Trinajstić information content (AvgIpc) is 2.28. The second kappa shape index (κ2) is 6.88. The van der Waals surface area contributed by atoms with E-state index in [-0.39, 0.29) is 17.8 Å². The van der Waals surface area contributed by atoms with Gasteiger partial charge in [-0.15, -0.1) is 0 Å². The number of rotatable bonds is 5. The lowest BCUT2D eigenvalue weighted by Crippen LogP contribution is -2.38. The molecule has 0 radical (unpaired) electrons. The van der Waals surface area contributed by atoms with Crippen LogP contribution < -0.4 is 0 Å². The molecule has 1 amide bonds.